The van der Waals surface area contributed by atoms with E-state index in [1.165, 1.54) is 25.1 Å². The van der Waals surface area contributed by atoms with Crippen LogP contribution in [0.3, 0.4) is 0 Å². The number of benzene rings is 1. The molecular weight excluding hydrogens is 809 g/mol. The molecule has 1 aromatic rings. The number of halogens is 1. The quantitative estimate of drug-likeness (QED) is 0.214. The van der Waals surface area contributed by atoms with Gasteiger partial charge in [0, 0.05) is 30.1 Å². The molecule has 0 aromatic heterocycles. The van der Waals surface area contributed by atoms with E-state index >= 15 is 0 Å². The van der Waals surface area contributed by atoms with Crippen LogP contribution >= 0.6 is 0 Å². The summed E-state index contributed by atoms with van der Waals surface area (Å²) < 4.78 is 56.8. The Balaban J connectivity index is 0.801. The average molecular weight is 876 g/mol. The lowest BCUT2D eigenvalue weighted by molar-refractivity contribution is -0.361. The van der Waals surface area contributed by atoms with Crippen molar-refractivity contribution >= 4 is 17.6 Å². The van der Waals surface area contributed by atoms with Crippen molar-refractivity contribution in [3.63, 3.8) is 0 Å². The lowest BCUT2D eigenvalue weighted by Crippen LogP contribution is -2.65. The first-order valence-corrected chi connectivity index (χ1v) is 23.0. The monoisotopic (exact) mass is 875 g/mol. The Bertz CT molecular complexity index is 1810. The van der Waals surface area contributed by atoms with Gasteiger partial charge in [-0.2, -0.15) is 0 Å². The van der Waals surface area contributed by atoms with E-state index in [1.807, 2.05) is 0 Å². The van der Waals surface area contributed by atoms with Gasteiger partial charge in [-0.15, -0.1) is 0 Å². The molecule has 4 saturated carbocycles. The number of carbonyl (C=O) groups is 2. The number of Topliss-reactive ketones (excluding diaryl/α,β-unsaturated/α-hetero) is 1. The maximum Gasteiger partial charge on any atom is 0.412 e. The van der Waals surface area contributed by atoms with Gasteiger partial charge in [0.1, 0.15) is 48.2 Å². The molecule has 4 aliphatic heterocycles. The zero-order valence-electron chi connectivity index (χ0n) is 36.3. The Morgan fingerprint density at radius 1 is 0.887 bits per heavy atom. The highest BCUT2D eigenvalue weighted by Crippen LogP contribution is 2.70. The van der Waals surface area contributed by atoms with Gasteiger partial charge >= 0.3 is 6.09 Å². The predicted octanol–water partition coefficient (Wildman–Crippen LogP) is 4.04. The molecule has 15 nitrogen and oxygen atoms in total. The number of carbonyl (C=O) groups excluding carboxylic acids is 2. The van der Waals surface area contributed by atoms with E-state index in [9.17, 15) is 39.5 Å². The SMILES string of the molecule is C[C@@H]1CC[C@@]2(OC1)O[C@H]1C[C@H]3[C@@H]4CC[C@H]5C[C@@H](O[C@@H]6O[C@@H](CO)[C@@H](O[C@@H]7O[C@@H](C)[C@@H](OC(=O)Nc8ccccc8F)[C@H](O)[C@@H]7O)[C@H](O)[C@@H]6O)CC[C@]5(C)[C@H]4CC(=O)[C@]3(C)[C@H]1[C@@H]2C. The number of hydrogen-bond acceptors (Lipinski definition) is 14. The van der Waals surface area contributed by atoms with Gasteiger partial charge in [-0.05, 0) is 99.0 Å². The summed E-state index contributed by atoms with van der Waals surface area (Å²) in [4.78, 5) is 27.1. The lowest BCUT2D eigenvalue weighted by Gasteiger charge is -2.60. The third-order valence-corrected chi connectivity index (χ3v) is 17.3. The van der Waals surface area contributed by atoms with Gasteiger partial charge in [0.2, 0.25) is 0 Å². The van der Waals surface area contributed by atoms with Crippen LogP contribution in [-0.2, 0) is 38.0 Å². The average Bonchev–Trinajstić information content (AvgIpc) is 3.70. The number of rotatable bonds is 7. The summed E-state index contributed by atoms with van der Waals surface area (Å²) in [5, 5.41) is 57.2. The van der Waals surface area contributed by atoms with E-state index < -0.39 is 91.1 Å². The number of para-hydroxylation sites is 1. The van der Waals surface area contributed by atoms with Crippen molar-refractivity contribution in [2.75, 3.05) is 18.5 Å². The second-order valence-corrected chi connectivity index (χ2v) is 20.5. The number of aliphatic hydroxyl groups excluding tert-OH is 5. The first kappa shape index (κ1) is 44.8. The first-order chi connectivity index (χ1) is 29.5. The minimum absolute atomic E-state index is 0.0346. The third kappa shape index (κ3) is 7.35. The summed E-state index contributed by atoms with van der Waals surface area (Å²) >= 11 is 0. The number of nitrogens with one attached hydrogen (secondary N) is 1. The summed E-state index contributed by atoms with van der Waals surface area (Å²) in [6, 6.07) is 5.44. The molecule has 0 radical (unpaired) electrons. The molecular formula is C46H66FNO14. The molecule has 16 heteroatoms. The van der Waals surface area contributed by atoms with Crippen LogP contribution in [0.15, 0.2) is 24.3 Å². The molecule has 0 unspecified atom stereocenters. The van der Waals surface area contributed by atoms with Crippen LogP contribution in [0.2, 0.25) is 0 Å². The van der Waals surface area contributed by atoms with Crippen molar-refractivity contribution < 1.29 is 72.7 Å². The van der Waals surface area contributed by atoms with Crippen LogP contribution in [0.5, 0.6) is 0 Å². The molecule has 346 valence electrons. The van der Waals surface area contributed by atoms with Crippen molar-refractivity contribution in [2.24, 2.45) is 52.3 Å². The highest BCUT2D eigenvalue weighted by atomic mass is 19.1. The minimum Gasteiger partial charge on any atom is -0.440 e. The van der Waals surface area contributed by atoms with Crippen molar-refractivity contribution in [1.82, 2.24) is 0 Å². The Hall–Kier alpha value is -2.35. The molecule has 22 atom stereocenters. The zero-order chi connectivity index (χ0) is 44.0. The number of fused-ring (bicyclic) bond motifs is 7. The Labute approximate surface area is 362 Å². The Kier molecular flexibility index (Phi) is 12.2. The summed E-state index contributed by atoms with van der Waals surface area (Å²) in [5.41, 5.74) is -0.638. The molecule has 1 amide bonds. The van der Waals surface area contributed by atoms with E-state index in [2.05, 4.69) is 33.0 Å². The second kappa shape index (κ2) is 16.8. The smallest absolute Gasteiger partial charge is 0.412 e. The molecule has 8 aliphatic rings. The molecule has 4 heterocycles. The standard InChI is InChI=1S/C46H66FNO14/c1-21-12-15-46(56-20-21)22(2)34-31(62-46)17-28-26-11-10-24-16-25(13-14-44(24,4)27(26)18-33(50)45(28,34)5)58-42-38(54)36(52)40(32(19-49)59-42)60-41-37(53)35(51)39(23(3)57-41)61-43(55)48-30-9-7-6-8-29(30)47/h6-9,21-28,31-32,34-42,49,51-54H,10-20H2,1-5H3,(H,48,55)/t21-,22+,23+,24+,25+,26-,27+,28+,31+,32+,34+,35-,36-,37+,38+,39-,40-,41+,42-,44+,45-,46-/m1/s1. The molecule has 0 bridgehead atoms. The number of hydrogen-bond donors (Lipinski definition) is 6. The van der Waals surface area contributed by atoms with Gasteiger partial charge in [-0.1, -0.05) is 39.8 Å². The summed E-state index contributed by atoms with van der Waals surface area (Å²) in [6.45, 7) is 10.6. The third-order valence-electron chi connectivity index (χ3n) is 17.3. The van der Waals surface area contributed by atoms with Gasteiger partial charge in [-0.25, -0.2) is 9.18 Å². The maximum absolute atomic E-state index is 14.6. The number of ketones is 1. The first-order valence-electron chi connectivity index (χ1n) is 23.0. The van der Waals surface area contributed by atoms with Crippen LogP contribution < -0.4 is 5.32 Å². The predicted molar refractivity (Wildman–Crippen MR) is 216 cm³/mol. The van der Waals surface area contributed by atoms with Crippen LogP contribution in [0, 0.1) is 58.1 Å². The topological polar surface area (TPSA) is 212 Å². The fraction of sp³-hybridized carbons (Fsp3) is 0.826. The van der Waals surface area contributed by atoms with E-state index in [0.29, 0.717) is 43.5 Å². The summed E-state index contributed by atoms with van der Waals surface area (Å²) in [5.74, 6) is 1.18. The van der Waals surface area contributed by atoms with Crippen molar-refractivity contribution in [2.45, 2.75) is 172 Å². The van der Waals surface area contributed by atoms with Crippen molar-refractivity contribution in [3.8, 4) is 0 Å². The lowest BCUT2D eigenvalue weighted by atomic mass is 9.44. The van der Waals surface area contributed by atoms with Gasteiger partial charge in [0.05, 0.1) is 37.2 Å². The minimum atomic E-state index is -1.80. The van der Waals surface area contributed by atoms with E-state index in [-0.39, 0.29) is 52.9 Å². The van der Waals surface area contributed by atoms with E-state index in [1.54, 1.807) is 0 Å². The van der Waals surface area contributed by atoms with Gasteiger partial charge in [0.15, 0.2) is 24.5 Å². The molecule has 1 spiro atoms. The molecule has 4 saturated heterocycles. The highest BCUT2D eigenvalue weighted by molar-refractivity contribution is 5.87. The zero-order valence-corrected chi connectivity index (χ0v) is 36.3. The molecule has 9 rings (SSSR count). The van der Waals surface area contributed by atoms with Crippen LogP contribution in [0.25, 0.3) is 0 Å². The Morgan fingerprint density at radius 2 is 1.61 bits per heavy atom. The normalized spacial score (nSPS) is 51.2. The number of ether oxygens (including phenoxy) is 7. The molecule has 6 N–H and O–H groups in total. The van der Waals surface area contributed by atoms with Crippen molar-refractivity contribution in [1.29, 1.82) is 0 Å². The molecule has 62 heavy (non-hydrogen) atoms. The van der Waals surface area contributed by atoms with Crippen LogP contribution in [0.1, 0.15) is 92.4 Å². The molecule has 4 aliphatic carbocycles. The van der Waals surface area contributed by atoms with Gasteiger partial charge in [0.25, 0.3) is 0 Å². The van der Waals surface area contributed by atoms with E-state index in [4.69, 9.17) is 33.2 Å². The fourth-order valence-electron chi connectivity index (χ4n) is 13.8. The summed E-state index contributed by atoms with van der Waals surface area (Å²) in [6.07, 6.45) is -8.42. The molecule has 1 aromatic carbocycles. The van der Waals surface area contributed by atoms with E-state index in [0.717, 1.165) is 44.6 Å². The van der Waals surface area contributed by atoms with Crippen LogP contribution in [-0.4, -0.2) is 130 Å². The highest BCUT2D eigenvalue weighted by Gasteiger charge is 2.72. The van der Waals surface area contributed by atoms with Crippen LogP contribution in [0.4, 0.5) is 14.9 Å². The molecule has 8 fully saturated rings. The largest absolute Gasteiger partial charge is 0.440 e. The fourth-order valence-corrected chi connectivity index (χ4v) is 13.8. The maximum atomic E-state index is 14.6. The Morgan fingerprint density at radius 3 is 2.32 bits per heavy atom. The number of amides is 1. The van der Waals surface area contributed by atoms with Crippen molar-refractivity contribution in [3.05, 3.63) is 30.1 Å². The summed E-state index contributed by atoms with van der Waals surface area (Å²) in [7, 11) is 0. The van der Waals surface area contributed by atoms with Gasteiger partial charge < -0.3 is 58.7 Å². The second-order valence-electron chi connectivity index (χ2n) is 20.5. The number of anilines is 1. The number of aliphatic hydroxyl groups is 5. The van der Waals surface area contributed by atoms with Gasteiger partial charge in [-0.3, -0.25) is 10.1 Å².